The van der Waals surface area contributed by atoms with Gasteiger partial charge in [0.05, 0.1) is 11.6 Å². The van der Waals surface area contributed by atoms with Crippen LogP contribution < -0.4 is 10.1 Å². The van der Waals surface area contributed by atoms with Gasteiger partial charge in [-0.15, -0.1) is 0 Å². The van der Waals surface area contributed by atoms with Crippen LogP contribution in [0.4, 0.5) is 0 Å². The van der Waals surface area contributed by atoms with E-state index in [0.29, 0.717) is 17.4 Å². The Labute approximate surface area is 119 Å². The standard InChI is InChI=1S/C14H20ClNO3/c1-5-18-14(17)10(3)19-13-7-6-11(8-12(13)15)9(2)16-4/h6-10,16H,5H2,1-4H3. The lowest BCUT2D eigenvalue weighted by molar-refractivity contribution is -0.150. The molecule has 0 saturated heterocycles. The van der Waals surface area contributed by atoms with Gasteiger partial charge in [-0.3, -0.25) is 0 Å². The number of hydrogen-bond donors (Lipinski definition) is 1. The molecule has 0 amide bonds. The van der Waals surface area contributed by atoms with Gasteiger partial charge in [-0.1, -0.05) is 17.7 Å². The first-order valence-electron chi connectivity index (χ1n) is 6.29. The Morgan fingerprint density at radius 2 is 2.11 bits per heavy atom. The van der Waals surface area contributed by atoms with Crippen molar-refractivity contribution in [1.82, 2.24) is 5.32 Å². The molecule has 1 aromatic rings. The van der Waals surface area contributed by atoms with Gasteiger partial charge in [0.25, 0.3) is 0 Å². The number of rotatable bonds is 6. The molecule has 2 atom stereocenters. The second kappa shape index (κ2) is 7.36. The van der Waals surface area contributed by atoms with Crippen molar-refractivity contribution in [3.05, 3.63) is 28.8 Å². The van der Waals surface area contributed by atoms with Crippen molar-refractivity contribution in [3.63, 3.8) is 0 Å². The highest BCUT2D eigenvalue weighted by Crippen LogP contribution is 2.28. The molecule has 0 aliphatic rings. The van der Waals surface area contributed by atoms with E-state index in [1.807, 2.05) is 26.1 Å². The number of nitrogens with one attached hydrogen (secondary N) is 1. The van der Waals surface area contributed by atoms with Crippen molar-refractivity contribution < 1.29 is 14.3 Å². The largest absolute Gasteiger partial charge is 0.477 e. The summed E-state index contributed by atoms with van der Waals surface area (Å²) < 4.78 is 10.4. The fourth-order valence-corrected chi connectivity index (χ4v) is 1.78. The molecule has 19 heavy (non-hydrogen) atoms. The molecule has 0 aliphatic carbocycles. The van der Waals surface area contributed by atoms with Gasteiger partial charge in [0.1, 0.15) is 5.75 Å². The Kier molecular flexibility index (Phi) is 6.12. The molecule has 1 N–H and O–H groups in total. The lowest BCUT2D eigenvalue weighted by Gasteiger charge is -2.16. The van der Waals surface area contributed by atoms with Gasteiger partial charge in [-0.2, -0.15) is 0 Å². The summed E-state index contributed by atoms with van der Waals surface area (Å²) in [6.45, 7) is 5.76. The van der Waals surface area contributed by atoms with E-state index in [-0.39, 0.29) is 6.04 Å². The molecule has 5 heteroatoms. The Balaban J connectivity index is 2.77. The third-order valence-electron chi connectivity index (χ3n) is 2.81. The van der Waals surface area contributed by atoms with Crippen LogP contribution in [0.3, 0.4) is 0 Å². The average molecular weight is 286 g/mol. The average Bonchev–Trinajstić information content (AvgIpc) is 2.40. The van der Waals surface area contributed by atoms with Crippen LogP contribution in [0.25, 0.3) is 0 Å². The van der Waals surface area contributed by atoms with Gasteiger partial charge in [0.15, 0.2) is 6.10 Å². The van der Waals surface area contributed by atoms with Crippen molar-refractivity contribution in [2.24, 2.45) is 0 Å². The molecule has 0 saturated carbocycles. The lowest BCUT2D eigenvalue weighted by Crippen LogP contribution is -2.26. The van der Waals surface area contributed by atoms with E-state index in [1.54, 1.807) is 19.9 Å². The molecule has 0 fully saturated rings. The van der Waals surface area contributed by atoms with Gasteiger partial charge in [-0.25, -0.2) is 4.79 Å². The molecular formula is C14H20ClNO3. The molecule has 4 nitrogen and oxygen atoms in total. The van der Waals surface area contributed by atoms with E-state index < -0.39 is 12.1 Å². The summed E-state index contributed by atoms with van der Waals surface area (Å²) in [6.07, 6.45) is -0.676. The van der Waals surface area contributed by atoms with Gasteiger partial charge in [-0.05, 0) is 45.5 Å². The van der Waals surface area contributed by atoms with Crippen LogP contribution in [0.15, 0.2) is 18.2 Å². The Morgan fingerprint density at radius 1 is 1.42 bits per heavy atom. The van der Waals surface area contributed by atoms with Crippen LogP contribution in [-0.4, -0.2) is 25.7 Å². The second-order valence-electron chi connectivity index (χ2n) is 4.21. The van der Waals surface area contributed by atoms with Crippen LogP contribution in [0.5, 0.6) is 5.75 Å². The normalized spacial score (nSPS) is 13.7. The van der Waals surface area contributed by atoms with Crippen LogP contribution in [0.2, 0.25) is 5.02 Å². The van der Waals surface area contributed by atoms with Crippen LogP contribution in [0.1, 0.15) is 32.4 Å². The second-order valence-corrected chi connectivity index (χ2v) is 4.62. The van der Waals surface area contributed by atoms with Gasteiger partial charge >= 0.3 is 5.97 Å². The Bertz CT molecular complexity index is 437. The highest BCUT2D eigenvalue weighted by atomic mass is 35.5. The summed E-state index contributed by atoms with van der Waals surface area (Å²) in [5, 5.41) is 3.61. The lowest BCUT2D eigenvalue weighted by atomic mass is 10.1. The molecule has 0 radical (unpaired) electrons. The van der Waals surface area contributed by atoms with Gasteiger partial charge in [0, 0.05) is 6.04 Å². The fourth-order valence-electron chi connectivity index (χ4n) is 1.55. The number of esters is 1. The minimum Gasteiger partial charge on any atom is -0.477 e. The molecule has 0 aromatic heterocycles. The summed E-state index contributed by atoms with van der Waals surface area (Å²) in [7, 11) is 1.88. The number of carbonyl (C=O) groups excluding carboxylic acids is 1. The maximum atomic E-state index is 11.5. The van der Waals surface area contributed by atoms with Crippen LogP contribution >= 0.6 is 11.6 Å². The zero-order chi connectivity index (χ0) is 14.4. The number of ether oxygens (including phenoxy) is 2. The van der Waals surface area contributed by atoms with E-state index in [4.69, 9.17) is 21.1 Å². The molecule has 1 rings (SSSR count). The molecule has 2 unspecified atom stereocenters. The van der Waals surface area contributed by atoms with E-state index in [1.165, 1.54) is 0 Å². The minimum atomic E-state index is -0.676. The number of halogens is 1. The number of hydrogen-bond acceptors (Lipinski definition) is 4. The zero-order valence-electron chi connectivity index (χ0n) is 11.7. The number of carbonyl (C=O) groups is 1. The first-order chi connectivity index (χ1) is 8.99. The predicted molar refractivity (Wildman–Crippen MR) is 75.6 cm³/mol. The smallest absolute Gasteiger partial charge is 0.347 e. The fraction of sp³-hybridized carbons (Fsp3) is 0.500. The van der Waals surface area contributed by atoms with E-state index in [2.05, 4.69) is 5.32 Å². The minimum absolute atomic E-state index is 0.203. The molecule has 0 heterocycles. The van der Waals surface area contributed by atoms with E-state index in [0.717, 1.165) is 5.56 Å². The quantitative estimate of drug-likeness (QED) is 0.817. The third-order valence-corrected chi connectivity index (χ3v) is 3.11. The number of benzene rings is 1. The monoisotopic (exact) mass is 285 g/mol. The van der Waals surface area contributed by atoms with Crippen molar-refractivity contribution in [2.45, 2.75) is 32.9 Å². The van der Waals surface area contributed by atoms with Gasteiger partial charge < -0.3 is 14.8 Å². The van der Waals surface area contributed by atoms with E-state index in [9.17, 15) is 4.79 Å². The van der Waals surface area contributed by atoms with E-state index >= 15 is 0 Å². The highest BCUT2D eigenvalue weighted by molar-refractivity contribution is 6.32. The SMILES string of the molecule is CCOC(=O)C(C)Oc1ccc(C(C)NC)cc1Cl. The predicted octanol–water partition coefficient (Wildman–Crippen LogP) is 2.95. The summed E-state index contributed by atoms with van der Waals surface area (Å²) in [6, 6.07) is 5.71. The van der Waals surface area contributed by atoms with Gasteiger partial charge in [0.2, 0.25) is 0 Å². The van der Waals surface area contributed by atoms with Crippen molar-refractivity contribution in [2.75, 3.05) is 13.7 Å². The molecule has 0 spiro atoms. The first-order valence-corrected chi connectivity index (χ1v) is 6.67. The third kappa shape index (κ3) is 4.40. The molecule has 0 aliphatic heterocycles. The molecule has 0 bridgehead atoms. The van der Waals surface area contributed by atoms with Crippen molar-refractivity contribution in [1.29, 1.82) is 0 Å². The molecule has 1 aromatic carbocycles. The van der Waals surface area contributed by atoms with Crippen LogP contribution in [-0.2, 0) is 9.53 Å². The maximum Gasteiger partial charge on any atom is 0.347 e. The molecular weight excluding hydrogens is 266 g/mol. The first kappa shape index (κ1) is 15.8. The summed E-state index contributed by atoms with van der Waals surface area (Å²) in [5.41, 5.74) is 1.06. The summed E-state index contributed by atoms with van der Waals surface area (Å²) in [4.78, 5) is 11.5. The summed E-state index contributed by atoms with van der Waals surface area (Å²) >= 11 is 6.15. The van der Waals surface area contributed by atoms with Crippen molar-refractivity contribution >= 4 is 17.6 Å². The zero-order valence-corrected chi connectivity index (χ0v) is 12.5. The Hall–Kier alpha value is -1.26. The summed E-state index contributed by atoms with van der Waals surface area (Å²) in [5.74, 6) is 0.0838. The Morgan fingerprint density at radius 3 is 2.63 bits per heavy atom. The molecule has 106 valence electrons. The van der Waals surface area contributed by atoms with Crippen molar-refractivity contribution in [3.8, 4) is 5.75 Å². The maximum absolute atomic E-state index is 11.5. The highest BCUT2D eigenvalue weighted by Gasteiger charge is 2.17. The topological polar surface area (TPSA) is 47.6 Å². The van der Waals surface area contributed by atoms with Crippen LogP contribution in [0, 0.1) is 0 Å².